The maximum atomic E-state index is 12.5. The van der Waals surface area contributed by atoms with Crippen LogP contribution in [0.2, 0.25) is 0 Å². The first-order valence-electron chi connectivity index (χ1n) is 6.95. The Morgan fingerprint density at radius 2 is 2.05 bits per heavy atom. The number of nitrogens with zero attached hydrogens (tertiary/aromatic N) is 3. The van der Waals surface area contributed by atoms with E-state index in [2.05, 4.69) is 29.4 Å². The summed E-state index contributed by atoms with van der Waals surface area (Å²) in [6.07, 6.45) is 1.96. The minimum absolute atomic E-state index is 0.0186. The zero-order valence-electron chi connectivity index (χ0n) is 12.1. The maximum absolute atomic E-state index is 12.5. The molecule has 1 N–H and O–H groups in total. The third-order valence-corrected chi connectivity index (χ3v) is 3.94. The smallest absolute Gasteiger partial charge is 0.261 e. The zero-order chi connectivity index (χ0) is 14.5. The fourth-order valence-electron chi connectivity index (χ4n) is 1.97. The van der Waals surface area contributed by atoms with Crippen LogP contribution >= 0.6 is 11.3 Å². The first kappa shape index (κ1) is 14.7. The fraction of sp³-hybridized carbons (Fsp3) is 0.500. The summed E-state index contributed by atoms with van der Waals surface area (Å²) in [6.45, 7) is 7.71. The number of pyridine rings is 1. The molecular weight excluding hydrogens is 272 g/mol. The predicted octanol–water partition coefficient (Wildman–Crippen LogP) is 2.91. The van der Waals surface area contributed by atoms with Crippen molar-refractivity contribution >= 4 is 16.5 Å². The summed E-state index contributed by atoms with van der Waals surface area (Å²) in [5.74, 6) is 0. The Kier molecular flexibility index (Phi) is 4.89. The van der Waals surface area contributed by atoms with Gasteiger partial charge in [0.15, 0.2) is 5.01 Å². The second-order valence-corrected chi connectivity index (χ2v) is 5.66. The summed E-state index contributed by atoms with van der Waals surface area (Å²) in [6, 6.07) is 3.81. The van der Waals surface area contributed by atoms with Gasteiger partial charge in [0.25, 0.3) is 5.56 Å². The largest absolute Gasteiger partial charge is 0.360 e. The molecule has 0 aliphatic heterocycles. The summed E-state index contributed by atoms with van der Waals surface area (Å²) < 4.78 is 1.80. The van der Waals surface area contributed by atoms with Crippen molar-refractivity contribution in [2.45, 2.75) is 40.2 Å². The van der Waals surface area contributed by atoms with Gasteiger partial charge in [-0.2, -0.15) is 0 Å². The molecule has 6 heteroatoms. The average molecular weight is 292 g/mol. The van der Waals surface area contributed by atoms with E-state index >= 15 is 0 Å². The maximum Gasteiger partial charge on any atom is 0.261 e. The normalized spacial score (nSPS) is 10.8. The molecule has 0 spiro atoms. The van der Waals surface area contributed by atoms with E-state index in [0.29, 0.717) is 10.6 Å². The summed E-state index contributed by atoms with van der Waals surface area (Å²) in [5.41, 5.74) is 1.63. The molecule has 0 saturated carbocycles. The Morgan fingerprint density at radius 3 is 2.75 bits per heavy atom. The third kappa shape index (κ3) is 3.07. The monoisotopic (exact) mass is 292 g/mol. The average Bonchev–Trinajstić information content (AvgIpc) is 2.90. The number of anilines is 1. The minimum Gasteiger partial charge on any atom is -0.360 e. The lowest BCUT2D eigenvalue weighted by Crippen LogP contribution is -2.23. The molecule has 0 unspecified atom stereocenters. The van der Waals surface area contributed by atoms with Crippen molar-refractivity contribution in [2.75, 3.05) is 11.9 Å². The van der Waals surface area contributed by atoms with Gasteiger partial charge in [-0.3, -0.25) is 4.79 Å². The highest BCUT2D eigenvalue weighted by Crippen LogP contribution is 2.24. The van der Waals surface area contributed by atoms with E-state index in [-0.39, 0.29) is 5.56 Å². The molecule has 2 aromatic rings. The number of rotatable bonds is 6. The molecule has 0 bridgehead atoms. The van der Waals surface area contributed by atoms with Gasteiger partial charge in [0, 0.05) is 18.8 Å². The molecule has 2 aromatic heterocycles. The van der Waals surface area contributed by atoms with Crippen LogP contribution in [0.15, 0.2) is 16.9 Å². The molecule has 5 nitrogen and oxygen atoms in total. The van der Waals surface area contributed by atoms with Gasteiger partial charge >= 0.3 is 0 Å². The SMILES string of the molecule is CCCNc1nnc(-c2ccc(C)n(CCC)c2=O)s1. The van der Waals surface area contributed by atoms with Gasteiger partial charge in [-0.1, -0.05) is 25.2 Å². The van der Waals surface area contributed by atoms with Crippen molar-refractivity contribution in [2.24, 2.45) is 0 Å². The lowest BCUT2D eigenvalue weighted by atomic mass is 10.2. The first-order valence-corrected chi connectivity index (χ1v) is 7.77. The fourth-order valence-corrected chi connectivity index (χ4v) is 2.76. The van der Waals surface area contributed by atoms with Gasteiger partial charge in [-0.05, 0) is 31.9 Å². The summed E-state index contributed by atoms with van der Waals surface area (Å²) in [7, 11) is 0. The van der Waals surface area contributed by atoms with Crippen LogP contribution < -0.4 is 10.9 Å². The Hall–Kier alpha value is -1.69. The molecule has 0 amide bonds. The van der Waals surface area contributed by atoms with E-state index < -0.39 is 0 Å². The van der Waals surface area contributed by atoms with Gasteiger partial charge in [0.05, 0.1) is 5.56 Å². The summed E-state index contributed by atoms with van der Waals surface area (Å²) >= 11 is 1.43. The first-order chi connectivity index (χ1) is 9.67. The Labute approximate surface area is 122 Å². The Balaban J connectivity index is 2.35. The molecule has 0 aliphatic rings. The van der Waals surface area contributed by atoms with Crippen LogP contribution in [0.5, 0.6) is 0 Å². The number of aryl methyl sites for hydroxylation is 1. The molecular formula is C14H20N4OS. The van der Waals surface area contributed by atoms with Crippen LogP contribution in [-0.4, -0.2) is 21.3 Å². The molecule has 2 heterocycles. The van der Waals surface area contributed by atoms with Gasteiger partial charge in [-0.25, -0.2) is 0 Å². The number of nitrogens with one attached hydrogen (secondary N) is 1. The van der Waals surface area contributed by atoms with Gasteiger partial charge in [0.2, 0.25) is 5.13 Å². The summed E-state index contributed by atoms with van der Waals surface area (Å²) in [5, 5.41) is 12.8. The quantitative estimate of drug-likeness (QED) is 0.889. The lowest BCUT2D eigenvalue weighted by Gasteiger charge is -2.09. The van der Waals surface area contributed by atoms with E-state index in [0.717, 1.165) is 36.8 Å². The van der Waals surface area contributed by atoms with Crippen LogP contribution in [0, 0.1) is 6.92 Å². The second-order valence-electron chi connectivity index (χ2n) is 4.68. The van der Waals surface area contributed by atoms with Crippen molar-refractivity contribution in [3.63, 3.8) is 0 Å². The van der Waals surface area contributed by atoms with Crippen molar-refractivity contribution in [3.05, 3.63) is 28.2 Å². The molecule has 0 radical (unpaired) electrons. The van der Waals surface area contributed by atoms with Crippen LogP contribution in [0.25, 0.3) is 10.6 Å². The molecule has 2 rings (SSSR count). The standard InChI is InChI=1S/C14H20N4OS/c1-4-8-15-14-17-16-12(20-14)11-7-6-10(3)18(9-5-2)13(11)19/h6-7H,4-5,8-9H2,1-3H3,(H,15,17). The van der Waals surface area contributed by atoms with E-state index in [9.17, 15) is 4.79 Å². The molecule has 0 fully saturated rings. The Bertz CT molecular complexity index is 632. The molecule has 0 atom stereocenters. The third-order valence-electron chi connectivity index (χ3n) is 3.02. The predicted molar refractivity (Wildman–Crippen MR) is 83.4 cm³/mol. The van der Waals surface area contributed by atoms with Crippen molar-refractivity contribution < 1.29 is 0 Å². The van der Waals surface area contributed by atoms with Crippen molar-refractivity contribution in [1.82, 2.24) is 14.8 Å². The zero-order valence-corrected chi connectivity index (χ0v) is 13.0. The molecule has 0 aliphatic carbocycles. The Morgan fingerprint density at radius 1 is 1.25 bits per heavy atom. The van der Waals surface area contributed by atoms with Crippen LogP contribution in [0.3, 0.4) is 0 Å². The van der Waals surface area contributed by atoms with Gasteiger partial charge in [0.1, 0.15) is 0 Å². The molecule has 0 aromatic carbocycles. The van der Waals surface area contributed by atoms with E-state index in [1.165, 1.54) is 11.3 Å². The van der Waals surface area contributed by atoms with Gasteiger partial charge < -0.3 is 9.88 Å². The van der Waals surface area contributed by atoms with Crippen molar-refractivity contribution in [1.29, 1.82) is 0 Å². The van der Waals surface area contributed by atoms with E-state index in [4.69, 9.17) is 0 Å². The number of hydrogen-bond donors (Lipinski definition) is 1. The van der Waals surface area contributed by atoms with Crippen LogP contribution in [-0.2, 0) is 6.54 Å². The highest BCUT2D eigenvalue weighted by molar-refractivity contribution is 7.18. The van der Waals surface area contributed by atoms with Crippen LogP contribution in [0.4, 0.5) is 5.13 Å². The lowest BCUT2D eigenvalue weighted by molar-refractivity contribution is 0.636. The second kappa shape index (κ2) is 6.65. The topological polar surface area (TPSA) is 59.8 Å². The van der Waals surface area contributed by atoms with Crippen molar-refractivity contribution in [3.8, 4) is 10.6 Å². The molecule has 108 valence electrons. The van der Waals surface area contributed by atoms with E-state index in [1.807, 2.05) is 19.1 Å². The summed E-state index contributed by atoms with van der Waals surface area (Å²) in [4.78, 5) is 12.5. The van der Waals surface area contributed by atoms with Crippen LogP contribution in [0.1, 0.15) is 32.4 Å². The highest BCUT2D eigenvalue weighted by atomic mass is 32.1. The number of aromatic nitrogens is 3. The highest BCUT2D eigenvalue weighted by Gasteiger charge is 2.12. The van der Waals surface area contributed by atoms with E-state index in [1.54, 1.807) is 4.57 Å². The molecule has 20 heavy (non-hydrogen) atoms. The minimum atomic E-state index is 0.0186. The number of hydrogen-bond acceptors (Lipinski definition) is 5. The molecule has 0 saturated heterocycles. The van der Waals surface area contributed by atoms with Gasteiger partial charge in [-0.15, -0.1) is 10.2 Å².